The zero-order valence-corrected chi connectivity index (χ0v) is 10.4. The molecule has 0 aliphatic rings. The molecule has 0 fully saturated rings. The van der Waals surface area contributed by atoms with Gasteiger partial charge < -0.3 is 20.3 Å². The first-order valence-electron chi connectivity index (χ1n) is 5.60. The molecule has 2 aromatic rings. The van der Waals surface area contributed by atoms with Crippen LogP contribution in [0.2, 0.25) is 0 Å². The second kappa shape index (κ2) is 5.20. The number of hydrogen-bond acceptors (Lipinski definition) is 5. The van der Waals surface area contributed by atoms with Gasteiger partial charge in [-0.25, -0.2) is 0 Å². The normalized spacial score (nSPS) is 12.4. The molecule has 5 nitrogen and oxygen atoms in total. The topological polar surface area (TPSA) is 77.6 Å². The summed E-state index contributed by atoms with van der Waals surface area (Å²) in [5.74, 6) is 1.24. The number of nitrogens with two attached hydrogens (primary N) is 1. The van der Waals surface area contributed by atoms with Gasteiger partial charge in [-0.3, -0.25) is 4.98 Å². The van der Waals surface area contributed by atoms with Crippen molar-refractivity contribution >= 4 is 10.8 Å². The molecule has 3 N–H and O–H groups in total. The van der Waals surface area contributed by atoms with Crippen molar-refractivity contribution in [3.63, 3.8) is 0 Å². The number of aliphatic hydroxyl groups excluding tert-OH is 1. The second-order valence-electron chi connectivity index (χ2n) is 3.88. The number of benzene rings is 1. The van der Waals surface area contributed by atoms with Crippen LogP contribution in [0.1, 0.15) is 11.8 Å². The quantitative estimate of drug-likeness (QED) is 0.851. The Bertz CT molecular complexity index is 557. The molecule has 0 spiro atoms. The molecule has 1 aromatic carbocycles. The van der Waals surface area contributed by atoms with E-state index in [2.05, 4.69) is 4.98 Å². The van der Waals surface area contributed by atoms with E-state index in [-0.39, 0.29) is 6.54 Å². The maximum Gasteiger partial charge on any atom is 0.161 e. The largest absolute Gasteiger partial charge is 0.493 e. The van der Waals surface area contributed by atoms with Crippen LogP contribution in [0.3, 0.4) is 0 Å². The molecular weight excluding hydrogens is 232 g/mol. The van der Waals surface area contributed by atoms with Crippen LogP contribution < -0.4 is 15.2 Å². The average molecular weight is 248 g/mol. The zero-order chi connectivity index (χ0) is 13.1. The summed E-state index contributed by atoms with van der Waals surface area (Å²) in [5.41, 5.74) is 6.03. The van der Waals surface area contributed by atoms with Crippen molar-refractivity contribution in [3.05, 3.63) is 30.1 Å². The van der Waals surface area contributed by atoms with Gasteiger partial charge in [-0.1, -0.05) is 0 Å². The highest BCUT2D eigenvalue weighted by Crippen LogP contribution is 2.34. The lowest BCUT2D eigenvalue weighted by atomic mass is 10.1. The molecule has 5 heteroatoms. The van der Waals surface area contributed by atoms with Crippen LogP contribution in [0.15, 0.2) is 24.4 Å². The van der Waals surface area contributed by atoms with E-state index in [0.717, 1.165) is 10.8 Å². The molecule has 0 amide bonds. The smallest absolute Gasteiger partial charge is 0.161 e. The average Bonchev–Trinajstić information content (AvgIpc) is 2.44. The molecule has 1 heterocycles. The Morgan fingerprint density at radius 3 is 2.56 bits per heavy atom. The number of pyridine rings is 1. The van der Waals surface area contributed by atoms with E-state index in [1.807, 2.05) is 12.1 Å². The molecule has 0 aliphatic heterocycles. The fourth-order valence-corrected chi connectivity index (χ4v) is 1.90. The van der Waals surface area contributed by atoms with Gasteiger partial charge in [0.25, 0.3) is 0 Å². The van der Waals surface area contributed by atoms with E-state index in [1.165, 1.54) is 0 Å². The number of fused-ring (bicyclic) bond motifs is 1. The molecule has 0 saturated heterocycles. The number of methoxy groups -OCH3 is 2. The summed E-state index contributed by atoms with van der Waals surface area (Å²) in [4.78, 5) is 4.18. The highest BCUT2D eigenvalue weighted by Gasteiger charge is 2.14. The van der Waals surface area contributed by atoms with Crippen molar-refractivity contribution in [2.75, 3.05) is 20.8 Å². The predicted molar refractivity (Wildman–Crippen MR) is 68.9 cm³/mol. The van der Waals surface area contributed by atoms with Gasteiger partial charge in [0.05, 0.1) is 19.9 Å². The number of aromatic nitrogens is 1. The van der Waals surface area contributed by atoms with E-state index in [4.69, 9.17) is 15.2 Å². The van der Waals surface area contributed by atoms with E-state index in [9.17, 15) is 5.11 Å². The van der Waals surface area contributed by atoms with Crippen LogP contribution in [-0.2, 0) is 0 Å². The highest BCUT2D eigenvalue weighted by molar-refractivity contribution is 5.88. The van der Waals surface area contributed by atoms with Crippen molar-refractivity contribution in [2.24, 2.45) is 5.73 Å². The lowest BCUT2D eigenvalue weighted by Crippen LogP contribution is -2.13. The van der Waals surface area contributed by atoms with Gasteiger partial charge in [0.2, 0.25) is 0 Å². The molecule has 96 valence electrons. The van der Waals surface area contributed by atoms with Gasteiger partial charge in [0.1, 0.15) is 6.10 Å². The van der Waals surface area contributed by atoms with E-state index < -0.39 is 6.10 Å². The summed E-state index contributed by atoms with van der Waals surface area (Å²) < 4.78 is 10.5. The molecule has 2 rings (SSSR count). The predicted octanol–water partition coefficient (Wildman–Crippen LogP) is 1.24. The third-order valence-corrected chi connectivity index (χ3v) is 2.84. The minimum atomic E-state index is -0.785. The molecule has 0 bridgehead atoms. The Kier molecular flexibility index (Phi) is 3.64. The Balaban J connectivity index is 2.68. The van der Waals surface area contributed by atoms with Crippen LogP contribution in [0.4, 0.5) is 0 Å². The van der Waals surface area contributed by atoms with E-state index >= 15 is 0 Å². The van der Waals surface area contributed by atoms with E-state index in [1.54, 1.807) is 26.5 Å². The van der Waals surface area contributed by atoms with Gasteiger partial charge in [0, 0.05) is 18.1 Å². The molecule has 0 aliphatic carbocycles. The van der Waals surface area contributed by atoms with Gasteiger partial charge in [-0.15, -0.1) is 0 Å². The van der Waals surface area contributed by atoms with Crippen molar-refractivity contribution in [1.82, 2.24) is 4.98 Å². The van der Waals surface area contributed by atoms with Crippen LogP contribution in [0.5, 0.6) is 11.5 Å². The fourth-order valence-electron chi connectivity index (χ4n) is 1.90. The Labute approximate surface area is 105 Å². The van der Waals surface area contributed by atoms with E-state index in [0.29, 0.717) is 17.2 Å². The lowest BCUT2D eigenvalue weighted by Gasteiger charge is -2.13. The van der Waals surface area contributed by atoms with Gasteiger partial charge >= 0.3 is 0 Å². The zero-order valence-electron chi connectivity index (χ0n) is 10.4. The van der Waals surface area contributed by atoms with Crippen molar-refractivity contribution in [2.45, 2.75) is 6.10 Å². The van der Waals surface area contributed by atoms with Gasteiger partial charge in [0.15, 0.2) is 11.5 Å². The molecule has 0 saturated carbocycles. The van der Waals surface area contributed by atoms with Crippen molar-refractivity contribution in [1.29, 1.82) is 0 Å². The standard InChI is InChI=1S/C13H16N2O3/c1-17-11-5-8-3-4-15-13(10(16)7-14)9(8)6-12(11)18-2/h3-6,10,16H,7,14H2,1-2H3. The number of rotatable bonds is 4. The van der Waals surface area contributed by atoms with Crippen LogP contribution in [0, 0.1) is 0 Å². The first-order chi connectivity index (χ1) is 8.71. The highest BCUT2D eigenvalue weighted by atomic mass is 16.5. The summed E-state index contributed by atoms with van der Waals surface area (Å²) in [7, 11) is 3.15. The molecule has 0 radical (unpaired) electrons. The molecule has 18 heavy (non-hydrogen) atoms. The summed E-state index contributed by atoms with van der Waals surface area (Å²) in [6, 6.07) is 5.50. The third-order valence-electron chi connectivity index (χ3n) is 2.84. The molecule has 1 atom stereocenters. The minimum Gasteiger partial charge on any atom is -0.493 e. The maximum absolute atomic E-state index is 9.86. The van der Waals surface area contributed by atoms with Gasteiger partial charge in [-0.2, -0.15) is 0 Å². The fraction of sp³-hybridized carbons (Fsp3) is 0.308. The van der Waals surface area contributed by atoms with Crippen LogP contribution in [0.25, 0.3) is 10.8 Å². The lowest BCUT2D eigenvalue weighted by molar-refractivity contribution is 0.183. The first-order valence-corrected chi connectivity index (χ1v) is 5.60. The number of ether oxygens (including phenoxy) is 2. The van der Waals surface area contributed by atoms with Crippen molar-refractivity contribution < 1.29 is 14.6 Å². The first kappa shape index (κ1) is 12.6. The summed E-state index contributed by atoms with van der Waals surface area (Å²) in [5, 5.41) is 11.6. The number of nitrogens with zero attached hydrogens (tertiary/aromatic N) is 1. The minimum absolute atomic E-state index is 0.125. The third kappa shape index (κ3) is 2.10. The molecular formula is C13H16N2O3. The van der Waals surface area contributed by atoms with Crippen LogP contribution in [-0.4, -0.2) is 30.9 Å². The monoisotopic (exact) mass is 248 g/mol. The Morgan fingerprint density at radius 2 is 1.94 bits per heavy atom. The number of hydrogen-bond donors (Lipinski definition) is 2. The Hall–Kier alpha value is -1.85. The molecule has 1 aromatic heterocycles. The summed E-state index contributed by atoms with van der Waals surface area (Å²) >= 11 is 0. The summed E-state index contributed by atoms with van der Waals surface area (Å²) in [6.07, 6.45) is 0.856. The molecule has 1 unspecified atom stereocenters. The van der Waals surface area contributed by atoms with Crippen LogP contribution >= 0.6 is 0 Å². The number of aliphatic hydroxyl groups is 1. The summed E-state index contributed by atoms with van der Waals surface area (Å²) in [6.45, 7) is 0.125. The SMILES string of the molecule is COc1cc2ccnc(C(O)CN)c2cc1OC. The Morgan fingerprint density at radius 1 is 1.28 bits per heavy atom. The maximum atomic E-state index is 9.86. The van der Waals surface area contributed by atoms with Gasteiger partial charge in [-0.05, 0) is 23.6 Å². The second-order valence-corrected chi connectivity index (χ2v) is 3.88. The van der Waals surface area contributed by atoms with Crippen molar-refractivity contribution in [3.8, 4) is 11.5 Å².